The topological polar surface area (TPSA) is 84.0 Å². The molecule has 0 fully saturated rings. The van der Waals surface area contributed by atoms with Gasteiger partial charge in [-0.15, -0.1) is 0 Å². The number of hydrogen-bond acceptors (Lipinski definition) is 4. The number of hydrogen-bond donors (Lipinski definition) is 2. The number of anilines is 2. The minimum absolute atomic E-state index is 0.00430. The van der Waals surface area contributed by atoms with Crippen LogP contribution in [0.2, 0.25) is 0 Å². The number of nitrogens with one attached hydrogen (secondary N) is 2. The lowest BCUT2D eigenvalue weighted by atomic mass is 10.1. The predicted molar refractivity (Wildman–Crippen MR) is 101 cm³/mol. The fourth-order valence-electron chi connectivity index (χ4n) is 2.53. The van der Waals surface area contributed by atoms with Crippen LogP contribution >= 0.6 is 0 Å². The third-order valence-electron chi connectivity index (χ3n) is 3.94. The number of rotatable bonds is 4. The first-order chi connectivity index (χ1) is 13.7. The summed E-state index contributed by atoms with van der Waals surface area (Å²) in [5.41, 5.74) is 0.0549. The fourth-order valence-corrected chi connectivity index (χ4v) is 2.53. The van der Waals surface area contributed by atoms with Crippen LogP contribution in [0.15, 0.2) is 60.9 Å². The number of halogens is 3. The third-order valence-corrected chi connectivity index (χ3v) is 3.94. The summed E-state index contributed by atoms with van der Waals surface area (Å²) < 4.78 is 38.2. The number of carbonyl (C=O) groups excluding carboxylic acids is 2. The Hall–Kier alpha value is -3.75. The number of aryl methyl sites for hydroxylation is 1. The summed E-state index contributed by atoms with van der Waals surface area (Å²) in [4.78, 5) is 32.1. The lowest BCUT2D eigenvalue weighted by molar-refractivity contribution is -0.141. The Labute approximate surface area is 163 Å². The molecule has 29 heavy (non-hydrogen) atoms. The standard InChI is InChI=1S/C20H15F3N4O2/c1-12-16(5-6-17(25-12)20(21,22)23)19(29)27-15-4-2-3-13(11-15)18(28)26-14-7-9-24-10-8-14/h2-11H,1H3,(H,27,29)(H,24,26,28). The van der Waals surface area contributed by atoms with Gasteiger partial charge in [-0.1, -0.05) is 6.07 Å². The molecule has 0 aliphatic carbocycles. The van der Waals surface area contributed by atoms with Crippen LogP contribution in [0.5, 0.6) is 0 Å². The van der Waals surface area contributed by atoms with Crippen LogP contribution < -0.4 is 10.6 Å². The number of pyridine rings is 2. The Morgan fingerprint density at radius 3 is 2.24 bits per heavy atom. The molecule has 3 aromatic rings. The number of benzene rings is 1. The monoisotopic (exact) mass is 400 g/mol. The van der Waals surface area contributed by atoms with Gasteiger partial charge in [0.05, 0.1) is 11.3 Å². The average molecular weight is 400 g/mol. The van der Waals surface area contributed by atoms with Gasteiger partial charge in [-0.2, -0.15) is 13.2 Å². The molecule has 148 valence electrons. The summed E-state index contributed by atoms with van der Waals surface area (Å²) in [5.74, 6) is -1.02. The summed E-state index contributed by atoms with van der Waals surface area (Å²) >= 11 is 0. The minimum atomic E-state index is -4.59. The molecule has 3 rings (SSSR count). The van der Waals surface area contributed by atoms with Crippen LogP contribution in [0.25, 0.3) is 0 Å². The van der Waals surface area contributed by atoms with E-state index in [9.17, 15) is 22.8 Å². The van der Waals surface area contributed by atoms with E-state index in [1.54, 1.807) is 30.3 Å². The van der Waals surface area contributed by atoms with Crippen LogP contribution in [0.1, 0.15) is 32.1 Å². The number of carbonyl (C=O) groups is 2. The molecule has 0 aliphatic rings. The normalized spacial score (nSPS) is 11.0. The minimum Gasteiger partial charge on any atom is -0.322 e. The largest absolute Gasteiger partial charge is 0.433 e. The quantitative estimate of drug-likeness (QED) is 0.684. The maximum absolute atomic E-state index is 12.7. The molecule has 0 atom stereocenters. The van der Waals surface area contributed by atoms with E-state index < -0.39 is 17.8 Å². The zero-order chi connectivity index (χ0) is 21.0. The van der Waals surface area contributed by atoms with Crippen LogP contribution in [-0.2, 0) is 6.18 Å². The maximum Gasteiger partial charge on any atom is 0.433 e. The molecule has 9 heteroatoms. The van der Waals surface area contributed by atoms with Crippen molar-refractivity contribution < 1.29 is 22.8 Å². The van der Waals surface area contributed by atoms with Gasteiger partial charge >= 0.3 is 6.18 Å². The zero-order valence-corrected chi connectivity index (χ0v) is 15.1. The van der Waals surface area contributed by atoms with Crippen molar-refractivity contribution >= 4 is 23.2 Å². The van der Waals surface area contributed by atoms with Crippen molar-refractivity contribution in [1.29, 1.82) is 0 Å². The van der Waals surface area contributed by atoms with Crippen molar-refractivity contribution in [3.05, 3.63) is 83.4 Å². The number of aromatic nitrogens is 2. The predicted octanol–water partition coefficient (Wildman–Crippen LogP) is 4.31. The lowest BCUT2D eigenvalue weighted by Crippen LogP contribution is -2.17. The fraction of sp³-hybridized carbons (Fsp3) is 0.100. The van der Waals surface area contributed by atoms with Gasteiger partial charge in [-0.05, 0) is 49.4 Å². The molecule has 1 aromatic carbocycles. The van der Waals surface area contributed by atoms with E-state index in [4.69, 9.17) is 0 Å². The lowest BCUT2D eigenvalue weighted by Gasteiger charge is -2.11. The summed E-state index contributed by atoms with van der Waals surface area (Å²) in [7, 11) is 0. The van der Waals surface area contributed by atoms with Gasteiger partial charge in [-0.3, -0.25) is 14.6 Å². The number of nitrogens with zero attached hydrogens (tertiary/aromatic N) is 2. The highest BCUT2D eigenvalue weighted by molar-refractivity contribution is 6.07. The van der Waals surface area contributed by atoms with E-state index in [-0.39, 0.29) is 17.2 Å². The van der Waals surface area contributed by atoms with Crippen molar-refractivity contribution in [2.45, 2.75) is 13.1 Å². The first-order valence-corrected chi connectivity index (χ1v) is 8.41. The van der Waals surface area contributed by atoms with Crippen molar-refractivity contribution in [3.8, 4) is 0 Å². The molecular weight excluding hydrogens is 385 g/mol. The molecular formula is C20H15F3N4O2. The summed E-state index contributed by atoms with van der Waals surface area (Å²) in [5, 5.41) is 5.26. The number of alkyl halides is 3. The number of amides is 2. The van der Waals surface area contributed by atoms with Crippen molar-refractivity contribution in [3.63, 3.8) is 0 Å². The Kier molecular flexibility index (Phi) is 5.58. The van der Waals surface area contributed by atoms with Gasteiger partial charge in [-0.25, -0.2) is 4.98 Å². The van der Waals surface area contributed by atoms with Gasteiger partial charge in [0, 0.05) is 29.3 Å². The summed E-state index contributed by atoms with van der Waals surface area (Å²) in [6.07, 6.45) is -1.52. The third kappa shape index (κ3) is 4.95. The Morgan fingerprint density at radius 2 is 1.59 bits per heavy atom. The van der Waals surface area contributed by atoms with Gasteiger partial charge in [0.25, 0.3) is 11.8 Å². The van der Waals surface area contributed by atoms with E-state index >= 15 is 0 Å². The van der Waals surface area contributed by atoms with Gasteiger partial charge in [0.1, 0.15) is 5.69 Å². The first-order valence-electron chi connectivity index (χ1n) is 8.41. The molecule has 6 nitrogen and oxygen atoms in total. The summed E-state index contributed by atoms with van der Waals surface area (Å²) in [6, 6.07) is 11.2. The second-order valence-electron chi connectivity index (χ2n) is 6.05. The van der Waals surface area contributed by atoms with Crippen molar-refractivity contribution in [2.24, 2.45) is 0 Å². The van der Waals surface area contributed by atoms with E-state index in [0.717, 1.165) is 12.1 Å². The molecule has 2 aromatic heterocycles. The van der Waals surface area contributed by atoms with Crippen LogP contribution in [0.4, 0.5) is 24.5 Å². The second kappa shape index (κ2) is 8.09. The molecule has 2 heterocycles. The van der Waals surface area contributed by atoms with Gasteiger partial charge in [0.2, 0.25) is 0 Å². The highest BCUT2D eigenvalue weighted by Gasteiger charge is 2.33. The van der Waals surface area contributed by atoms with Crippen molar-refractivity contribution in [1.82, 2.24) is 9.97 Å². The molecule has 0 aliphatic heterocycles. The molecule has 2 amide bonds. The van der Waals surface area contributed by atoms with Gasteiger partial charge < -0.3 is 10.6 Å². The highest BCUT2D eigenvalue weighted by Crippen LogP contribution is 2.28. The maximum atomic E-state index is 12.7. The molecule has 0 bridgehead atoms. The van der Waals surface area contributed by atoms with Crippen LogP contribution in [-0.4, -0.2) is 21.8 Å². The van der Waals surface area contributed by atoms with E-state index in [1.807, 2.05) is 0 Å². The average Bonchev–Trinajstić information content (AvgIpc) is 2.68. The highest BCUT2D eigenvalue weighted by atomic mass is 19.4. The molecule has 0 spiro atoms. The SMILES string of the molecule is Cc1nc(C(F)(F)F)ccc1C(=O)Nc1cccc(C(=O)Nc2ccncc2)c1. The molecule has 0 saturated carbocycles. The van der Waals surface area contributed by atoms with Crippen LogP contribution in [0.3, 0.4) is 0 Å². The van der Waals surface area contributed by atoms with E-state index in [2.05, 4.69) is 20.6 Å². The Bertz CT molecular complexity index is 1050. The smallest absolute Gasteiger partial charge is 0.322 e. The second-order valence-corrected chi connectivity index (χ2v) is 6.05. The van der Waals surface area contributed by atoms with E-state index in [1.165, 1.54) is 25.4 Å². The van der Waals surface area contributed by atoms with Crippen LogP contribution in [0, 0.1) is 6.92 Å². The molecule has 0 radical (unpaired) electrons. The van der Waals surface area contributed by atoms with E-state index in [0.29, 0.717) is 16.9 Å². The molecule has 0 unspecified atom stereocenters. The Morgan fingerprint density at radius 1 is 0.897 bits per heavy atom. The van der Waals surface area contributed by atoms with Gasteiger partial charge in [0.15, 0.2) is 0 Å². The molecule has 0 saturated heterocycles. The summed E-state index contributed by atoms with van der Waals surface area (Å²) in [6.45, 7) is 1.32. The van der Waals surface area contributed by atoms with Crippen molar-refractivity contribution in [2.75, 3.05) is 10.6 Å². The molecule has 2 N–H and O–H groups in total. The first kappa shape index (κ1) is 20.0. The zero-order valence-electron chi connectivity index (χ0n) is 15.1. The Balaban J connectivity index is 1.75.